The summed E-state index contributed by atoms with van der Waals surface area (Å²) in [7, 11) is 1.75. The van der Waals surface area contributed by atoms with Crippen molar-refractivity contribution in [3.05, 3.63) is 64.5 Å². The van der Waals surface area contributed by atoms with E-state index in [2.05, 4.69) is 36.8 Å². The van der Waals surface area contributed by atoms with E-state index in [1.165, 1.54) is 0 Å². The number of benzene rings is 1. The molecule has 0 saturated carbocycles. The molecule has 0 spiro atoms. The van der Waals surface area contributed by atoms with E-state index in [9.17, 15) is 4.79 Å². The Morgan fingerprint density at radius 2 is 1.96 bits per heavy atom. The smallest absolute Gasteiger partial charge is 0.240 e. The number of halogens is 1. The number of nitrogens with one attached hydrogen (secondary N) is 2. The van der Waals surface area contributed by atoms with Gasteiger partial charge in [0.1, 0.15) is 6.04 Å². The van der Waals surface area contributed by atoms with Gasteiger partial charge in [0.15, 0.2) is 11.5 Å². The standard InChI is InChI=1S/C20H24BrN5O2/c1-20(2,22-3)19(27)23-16(13-28-12-14-7-5-4-6-8-14)18-25-24-17-10-9-15(21)11-26(17)18/h4-11,16,22H,12-13H2,1-3H3,(H,23,27)/t16-/m1/s1. The maximum Gasteiger partial charge on any atom is 0.240 e. The minimum absolute atomic E-state index is 0.143. The van der Waals surface area contributed by atoms with Gasteiger partial charge in [0.25, 0.3) is 0 Å². The molecule has 0 fully saturated rings. The van der Waals surface area contributed by atoms with Crippen molar-refractivity contribution >= 4 is 27.5 Å². The largest absolute Gasteiger partial charge is 0.374 e. The molecular formula is C20H24BrN5O2. The van der Waals surface area contributed by atoms with Crippen LogP contribution in [-0.2, 0) is 16.1 Å². The number of carbonyl (C=O) groups excluding carboxylic acids is 1. The quantitative estimate of drug-likeness (QED) is 0.556. The van der Waals surface area contributed by atoms with E-state index in [-0.39, 0.29) is 12.5 Å². The Morgan fingerprint density at radius 1 is 1.21 bits per heavy atom. The Kier molecular flexibility index (Phi) is 6.43. The maximum absolute atomic E-state index is 12.7. The molecule has 2 N–H and O–H groups in total. The van der Waals surface area contributed by atoms with E-state index in [0.717, 1.165) is 10.0 Å². The van der Waals surface area contributed by atoms with Crippen LogP contribution >= 0.6 is 15.9 Å². The highest BCUT2D eigenvalue weighted by Crippen LogP contribution is 2.18. The summed E-state index contributed by atoms with van der Waals surface area (Å²) < 4.78 is 8.65. The Balaban J connectivity index is 1.83. The zero-order valence-corrected chi connectivity index (χ0v) is 17.7. The molecule has 3 rings (SSSR count). The number of hydrogen-bond donors (Lipinski definition) is 2. The van der Waals surface area contributed by atoms with E-state index in [0.29, 0.717) is 18.1 Å². The van der Waals surface area contributed by atoms with Gasteiger partial charge in [-0.2, -0.15) is 0 Å². The molecule has 28 heavy (non-hydrogen) atoms. The normalized spacial score (nSPS) is 12.9. The molecular weight excluding hydrogens is 422 g/mol. The molecule has 0 aliphatic rings. The van der Waals surface area contributed by atoms with E-state index < -0.39 is 11.6 Å². The Morgan fingerprint density at radius 3 is 2.68 bits per heavy atom. The van der Waals surface area contributed by atoms with Gasteiger partial charge in [0.2, 0.25) is 5.91 Å². The second-order valence-corrected chi connectivity index (χ2v) is 7.95. The molecule has 3 aromatic rings. The molecule has 2 aromatic heterocycles. The molecule has 148 valence electrons. The van der Waals surface area contributed by atoms with Crippen molar-refractivity contribution in [1.82, 2.24) is 25.2 Å². The number of amides is 1. The molecule has 0 radical (unpaired) electrons. The Bertz CT molecular complexity index is 942. The SMILES string of the molecule is CNC(C)(C)C(=O)N[C@H](COCc1ccccc1)c1nnc2ccc(Br)cn12. The summed E-state index contributed by atoms with van der Waals surface area (Å²) in [4.78, 5) is 12.7. The molecule has 1 atom stereocenters. The summed E-state index contributed by atoms with van der Waals surface area (Å²) >= 11 is 3.47. The summed E-state index contributed by atoms with van der Waals surface area (Å²) in [5, 5.41) is 14.6. The van der Waals surface area contributed by atoms with Crippen molar-refractivity contribution in [1.29, 1.82) is 0 Å². The molecule has 0 bridgehead atoms. The van der Waals surface area contributed by atoms with Crippen LogP contribution in [0.5, 0.6) is 0 Å². The fraction of sp³-hybridized carbons (Fsp3) is 0.350. The lowest BCUT2D eigenvalue weighted by atomic mass is 10.0. The average Bonchev–Trinajstić information content (AvgIpc) is 3.10. The number of carbonyl (C=O) groups is 1. The van der Waals surface area contributed by atoms with Gasteiger partial charge >= 0.3 is 0 Å². The van der Waals surface area contributed by atoms with Gasteiger partial charge in [-0.25, -0.2) is 0 Å². The van der Waals surface area contributed by atoms with Crippen molar-refractivity contribution < 1.29 is 9.53 Å². The van der Waals surface area contributed by atoms with Crippen LogP contribution in [0, 0.1) is 0 Å². The molecule has 7 nitrogen and oxygen atoms in total. The lowest BCUT2D eigenvalue weighted by Gasteiger charge is -2.26. The number of aromatic nitrogens is 3. The topological polar surface area (TPSA) is 80.5 Å². The molecule has 2 heterocycles. The summed E-state index contributed by atoms with van der Waals surface area (Å²) in [6.07, 6.45) is 1.88. The number of nitrogens with zero attached hydrogens (tertiary/aromatic N) is 3. The molecule has 0 unspecified atom stereocenters. The van der Waals surface area contributed by atoms with Crippen LogP contribution in [0.2, 0.25) is 0 Å². The third-order valence-electron chi connectivity index (χ3n) is 4.60. The van der Waals surface area contributed by atoms with Crippen molar-refractivity contribution in [3.63, 3.8) is 0 Å². The summed E-state index contributed by atoms with van der Waals surface area (Å²) in [6.45, 7) is 4.36. The third kappa shape index (κ3) is 4.76. The summed E-state index contributed by atoms with van der Waals surface area (Å²) in [5.41, 5.74) is 1.05. The molecule has 1 aromatic carbocycles. The second kappa shape index (κ2) is 8.81. The number of ether oxygens (including phenoxy) is 1. The van der Waals surface area contributed by atoms with Crippen molar-refractivity contribution in [3.8, 4) is 0 Å². The summed E-state index contributed by atoms with van der Waals surface area (Å²) in [5.74, 6) is 0.472. The first-order chi connectivity index (χ1) is 13.4. The molecule has 0 aliphatic heterocycles. The predicted molar refractivity (Wildman–Crippen MR) is 111 cm³/mol. The van der Waals surface area contributed by atoms with Crippen LogP contribution in [0.4, 0.5) is 0 Å². The van der Waals surface area contributed by atoms with Gasteiger partial charge in [-0.15, -0.1) is 10.2 Å². The lowest BCUT2D eigenvalue weighted by molar-refractivity contribution is -0.127. The first-order valence-electron chi connectivity index (χ1n) is 9.02. The lowest BCUT2D eigenvalue weighted by Crippen LogP contribution is -2.52. The van der Waals surface area contributed by atoms with Gasteiger partial charge in [-0.1, -0.05) is 30.3 Å². The van der Waals surface area contributed by atoms with Gasteiger partial charge < -0.3 is 15.4 Å². The predicted octanol–water partition coefficient (Wildman–Crippen LogP) is 2.86. The van der Waals surface area contributed by atoms with Crippen LogP contribution in [-0.4, -0.2) is 39.7 Å². The second-order valence-electron chi connectivity index (χ2n) is 7.04. The van der Waals surface area contributed by atoms with Crippen molar-refractivity contribution in [2.24, 2.45) is 0 Å². The Hall–Kier alpha value is -2.29. The minimum Gasteiger partial charge on any atom is -0.374 e. The van der Waals surface area contributed by atoms with Crippen LogP contribution in [0.15, 0.2) is 53.1 Å². The zero-order chi connectivity index (χ0) is 20.1. The number of rotatable bonds is 8. The monoisotopic (exact) mass is 445 g/mol. The van der Waals surface area contributed by atoms with Crippen LogP contribution < -0.4 is 10.6 Å². The molecule has 0 saturated heterocycles. The molecule has 8 heteroatoms. The van der Waals surface area contributed by atoms with Crippen molar-refractivity contribution in [2.45, 2.75) is 32.0 Å². The van der Waals surface area contributed by atoms with E-state index in [1.807, 2.05) is 66.9 Å². The van der Waals surface area contributed by atoms with Gasteiger partial charge in [0.05, 0.1) is 18.8 Å². The number of likely N-dealkylation sites (N-methyl/N-ethyl adjacent to an activating group) is 1. The highest BCUT2D eigenvalue weighted by molar-refractivity contribution is 9.10. The fourth-order valence-corrected chi connectivity index (χ4v) is 2.96. The van der Waals surface area contributed by atoms with Crippen LogP contribution in [0.1, 0.15) is 31.3 Å². The first-order valence-corrected chi connectivity index (χ1v) is 9.82. The number of pyridine rings is 1. The van der Waals surface area contributed by atoms with E-state index in [4.69, 9.17) is 4.74 Å². The maximum atomic E-state index is 12.7. The third-order valence-corrected chi connectivity index (χ3v) is 5.07. The first kappa shape index (κ1) is 20.4. The minimum atomic E-state index is -0.723. The zero-order valence-electron chi connectivity index (χ0n) is 16.1. The van der Waals surface area contributed by atoms with Gasteiger partial charge in [-0.3, -0.25) is 9.20 Å². The molecule has 1 amide bonds. The van der Waals surface area contributed by atoms with Gasteiger partial charge in [-0.05, 0) is 54.5 Å². The number of hydrogen-bond acceptors (Lipinski definition) is 5. The van der Waals surface area contributed by atoms with E-state index >= 15 is 0 Å². The highest BCUT2D eigenvalue weighted by Gasteiger charge is 2.29. The highest BCUT2D eigenvalue weighted by atomic mass is 79.9. The van der Waals surface area contributed by atoms with E-state index in [1.54, 1.807) is 7.05 Å². The molecule has 0 aliphatic carbocycles. The van der Waals surface area contributed by atoms with Gasteiger partial charge in [0, 0.05) is 10.7 Å². The van der Waals surface area contributed by atoms with Crippen LogP contribution in [0.3, 0.4) is 0 Å². The average molecular weight is 446 g/mol. The van der Waals surface area contributed by atoms with Crippen LogP contribution in [0.25, 0.3) is 5.65 Å². The van der Waals surface area contributed by atoms with Crippen molar-refractivity contribution in [2.75, 3.05) is 13.7 Å². The fourth-order valence-electron chi connectivity index (χ4n) is 2.62. The number of fused-ring (bicyclic) bond motifs is 1. The summed E-state index contributed by atoms with van der Waals surface area (Å²) in [6, 6.07) is 13.2. The Labute approximate surface area is 172 Å².